The van der Waals surface area contributed by atoms with Gasteiger partial charge in [0.05, 0.1) is 33.8 Å². The van der Waals surface area contributed by atoms with Crippen LogP contribution < -0.4 is 5.32 Å². The van der Waals surface area contributed by atoms with Gasteiger partial charge in [0, 0.05) is 48.0 Å². The van der Waals surface area contributed by atoms with Crippen LogP contribution in [-0.4, -0.2) is 21.1 Å². The third-order valence-corrected chi connectivity index (χ3v) is 16.0. The Morgan fingerprint density at radius 1 is 0.394 bits per heavy atom. The van der Waals surface area contributed by atoms with Crippen LogP contribution in [0.3, 0.4) is 0 Å². The number of hydrogen-bond acceptors (Lipinski definition) is 3. The SMILES string of the molecule is C1=C(c2ccccc2)SC2=C(c3ccc(-c4cccc5ccccc45)cc3)N=C(n3c4ccc(-c5cccc6c5c5c7ccccc7ccc5n6-c5ccccc5)cc4c4ccc5ccccc5c43)NC12. The first-order valence-electron chi connectivity index (χ1n) is 24.3. The minimum atomic E-state index is -0.0773. The van der Waals surface area contributed by atoms with Gasteiger partial charge in [-0.05, 0) is 97.2 Å². The monoisotopic (exact) mass is 922 g/mol. The van der Waals surface area contributed by atoms with Gasteiger partial charge in [-0.15, -0.1) is 0 Å². The summed E-state index contributed by atoms with van der Waals surface area (Å²) in [6.45, 7) is 0. The molecule has 11 aromatic carbocycles. The molecule has 0 radical (unpaired) electrons. The van der Waals surface area contributed by atoms with Crippen molar-refractivity contribution in [1.82, 2.24) is 14.5 Å². The molecule has 0 saturated heterocycles. The van der Waals surface area contributed by atoms with E-state index in [1.807, 2.05) is 11.8 Å². The van der Waals surface area contributed by atoms with Crippen molar-refractivity contribution in [2.24, 2.45) is 4.99 Å². The van der Waals surface area contributed by atoms with E-state index in [-0.39, 0.29) is 6.04 Å². The second kappa shape index (κ2) is 15.8. The standard InChI is InChI=1S/C66H42N4S/c1-3-18-45(19-4-1)60-40-56-65(71-60)63(46-31-29-44(30-32-46)50-26-13-20-41-15-7-10-23-49(41)50)68-66(67-56)70-57-37-35-47(39-55(57)54-36-33-43-17-9-12-25-53(43)64(54)70)52-27-14-28-58-62(52)61-51-24-11-8-16-42(51)34-38-59(61)69(58)48-21-5-2-6-22-48/h1-40,56H,(H,67,68). The first kappa shape index (κ1) is 40.0. The summed E-state index contributed by atoms with van der Waals surface area (Å²) >= 11 is 1.82. The minimum absolute atomic E-state index is 0.0773. The lowest BCUT2D eigenvalue weighted by Crippen LogP contribution is -2.40. The van der Waals surface area contributed by atoms with Gasteiger partial charge in [-0.2, -0.15) is 0 Å². The van der Waals surface area contributed by atoms with Crippen molar-refractivity contribution in [3.8, 4) is 27.9 Å². The fraction of sp³-hybridized carbons (Fsp3) is 0.0152. The fourth-order valence-electron chi connectivity index (χ4n) is 11.5. The Hall–Kier alpha value is -8.90. The molecule has 332 valence electrons. The summed E-state index contributed by atoms with van der Waals surface area (Å²) in [5, 5.41) is 16.2. The van der Waals surface area contributed by atoms with E-state index in [0.717, 1.165) is 33.9 Å². The van der Waals surface area contributed by atoms with E-state index in [1.165, 1.54) is 103 Å². The number of thioether (sulfide) groups is 1. The van der Waals surface area contributed by atoms with Crippen molar-refractivity contribution in [1.29, 1.82) is 0 Å². The highest BCUT2D eigenvalue weighted by atomic mass is 32.2. The predicted molar refractivity (Wildman–Crippen MR) is 302 cm³/mol. The summed E-state index contributed by atoms with van der Waals surface area (Å²) in [5.74, 6) is 0.807. The number of para-hydroxylation sites is 1. The predicted octanol–water partition coefficient (Wildman–Crippen LogP) is 17.0. The molecular weight excluding hydrogens is 881 g/mol. The highest BCUT2D eigenvalue weighted by Crippen LogP contribution is 2.49. The molecule has 0 bridgehead atoms. The second-order valence-corrected chi connectivity index (χ2v) is 19.8. The molecule has 71 heavy (non-hydrogen) atoms. The Morgan fingerprint density at radius 2 is 1.00 bits per heavy atom. The highest BCUT2D eigenvalue weighted by Gasteiger charge is 2.33. The Bertz CT molecular complexity index is 4440. The van der Waals surface area contributed by atoms with E-state index in [4.69, 9.17) is 4.99 Å². The Labute approximate surface area is 414 Å². The molecule has 0 fully saturated rings. The van der Waals surface area contributed by atoms with E-state index in [1.54, 1.807) is 0 Å². The Kier molecular flexibility index (Phi) is 8.92. The molecule has 2 aromatic heterocycles. The number of fused-ring (bicyclic) bond motifs is 12. The first-order chi connectivity index (χ1) is 35.2. The van der Waals surface area contributed by atoms with Crippen LogP contribution in [0.2, 0.25) is 0 Å². The van der Waals surface area contributed by atoms with E-state index in [2.05, 4.69) is 257 Å². The van der Waals surface area contributed by atoms with Gasteiger partial charge in [0.2, 0.25) is 5.96 Å². The molecule has 0 spiro atoms. The molecule has 1 atom stereocenters. The lowest BCUT2D eigenvalue weighted by atomic mass is 9.95. The van der Waals surface area contributed by atoms with Crippen LogP contribution >= 0.6 is 11.8 Å². The largest absolute Gasteiger partial charge is 0.344 e. The van der Waals surface area contributed by atoms with Crippen LogP contribution in [0.25, 0.3) is 114 Å². The smallest absolute Gasteiger partial charge is 0.209 e. The summed E-state index contributed by atoms with van der Waals surface area (Å²) in [5.41, 5.74) is 13.8. The van der Waals surface area contributed by atoms with Crippen molar-refractivity contribution in [2.75, 3.05) is 0 Å². The molecule has 0 saturated carbocycles. The maximum Gasteiger partial charge on any atom is 0.209 e. The van der Waals surface area contributed by atoms with Crippen LogP contribution in [0.15, 0.2) is 253 Å². The molecular formula is C66H42N4S. The third kappa shape index (κ3) is 6.23. The van der Waals surface area contributed by atoms with Crippen LogP contribution in [0.4, 0.5) is 0 Å². The topological polar surface area (TPSA) is 34.2 Å². The van der Waals surface area contributed by atoms with E-state index >= 15 is 0 Å². The number of aliphatic imine (C=N–C) groups is 1. The first-order valence-corrected chi connectivity index (χ1v) is 25.1. The van der Waals surface area contributed by atoms with Gasteiger partial charge in [0.1, 0.15) is 0 Å². The zero-order valence-electron chi connectivity index (χ0n) is 38.4. The zero-order chi connectivity index (χ0) is 46.6. The van der Waals surface area contributed by atoms with Crippen LogP contribution in [0, 0.1) is 0 Å². The summed E-state index contributed by atoms with van der Waals surface area (Å²) in [7, 11) is 0. The molecule has 0 aliphatic carbocycles. The lowest BCUT2D eigenvalue weighted by Gasteiger charge is -2.25. The number of rotatable bonds is 5. The molecule has 2 aliphatic rings. The van der Waals surface area contributed by atoms with Gasteiger partial charge < -0.3 is 9.88 Å². The molecule has 4 nitrogen and oxygen atoms in total. The second-order valence-electron chi connectivity index (χ2n) is 18.7. The molecule has 1 N–H and O–H groups in total. The quantitative estimate of drug-likeness (QED) is 0.187. The molecule has 4 heterocycles. The number of hydrogen-bond donors (Lipinski definition) is 1. The number of aromatic nitrogens is 2. The Morgan fingerprint density at radius 3 is 1.82 bits per heavy atom. The summed E-state index contributed by atoms with van der Waals surface area (Å²) < 4.78 is 4.83. The molecule has 1 unspecified atom stereocenters. The maximum atomic E-state index is 5.73. The van der Waals surface area contributed by atoms with Crippen LogP contribution in [0.5, 0.6) is 0 Å². The minimum Gasteiger partial charge on any atom is -0.344 e. The molecule has 13 aromatic rings. The van der Waals surface area contributed by atoms with Gasteiger partial charge in [-0.25, -0.2) is 4.99 Å². The number of nitrogens with zero attached hydrogens (tertiary/aromatic N) is 3. The van der Waals surface area contributed by atoms with E-state index < -0.39 is 0 Å². The van der Waals surface area contributed by atoms with Gasteiger partial charge in [-0.3, -0.25) is 4.57 Å². The molecule has 5 heteroatoms. The number of nitrogens with one attached hydrogen (secondary N) is 1. The van der Waals surface area contributed by atoms with Crippen molar-refractivity contribution < 1.29 is 0 Å². The van der Waals surface area contributed by atoms with Gasteiger partial charge in [-0.1, -0.05) is 212 Å². The van der Waals surface area contributed by atoms with Gasteiger partial charge in [0.15, 0.2) is 0 Å². The molecule has 0 amide bonds. The summed E-state index contributed by atoms with van der Waals surface area (Å²) in [4.78, 5) is 8.16. The third-order valence-electron chi connectivity index (χ3n) is 14.7. The average Bonchev–Trinajstić information content (AvgIpc) is 4.14. The number of benzene rings is 11. The van der Waals surface area contributed by atoms with Crippen molar-refractivity contribution in [3.63, 3.8) is 0 Å². The van der Waals surface area contributed by atoms with Crippen molar-refractivity contribution in [2.45, 2.75) is 6.04 Å². The lowest BCUT2D eigenvalue weighted by molar-refractivity contribution is 0.835. The van der Waals surface area contributed by atoms with Crippen LogP contribution in [0.1, 0.15) is 11.1 Å². The zero-order valence-corrected chi connectivity index (χ0v) is 39.2. The van der Waals surface area contributed by atoms with E-state index in [0.29, 0.717) is 0 Å². The highest BCUT2D eigenvalue weighted by molar-refractivity contribution is 8.12. The van der Waals surface area contributed by atoms with Crippen LogP contribution in [-0.2, 0) is 0 Å². The normalized spacial score (nSPS) is 14.8. The fourth-order valence-corrected chi connectivity index (χ4v) is 12.7. The maximum absolute atomic E-state index is 5.73. The van der Waals surface area contributed by atoms with E-state index in [9.17, 15) is 0 Å². The van der Waals surface area contributed by atoms with Gasteiger partial charge in [0.25, 0.3) is 0 Å². The average molecular weight is 923 g/mol. The summed E-state index contributed by atoms with van der Waals surface area (Å²) in [6, 6.07) is 86.2. The molecule has 2 aliphatic heterocycles. The van der Waals surface area contributed by atoms with Gasteiger partial charge >= 0.3 is 0 Å². The Balaban J connectivity index is 0.948. The van der Waals surface area contributed by atoms with Crippen molar-refractivity contribution in [3.05, 3.63) is 259 Å². The summed E-state index contributed by atoms with van der Waals surface area (Å²) in [6.07, 6.45) is 2.38. The molecule has 15 rings (SSSR count). The van der Waals surface area contributed by atoms with Crippen molar-refractivity contribution >= 4 is 104 Å².